The molecule has 2 nitrogen and oxygen atoms in total. The fraction of sp³-hybridized carbons (Fsp3) is 0.938. The molecule has 0 atom stereocenters. The van der Waals surface area contributed by atoms with Gasteiger partial charge in [0.15, 0.2) is 0 Å². The summed E-state index contributed by atoms with van der Waals surface area (Å²) in [6.45, 7) is 12.8. The first-order valence-corrected chi connectivity index (χ1v) is 7.90. The van der Waals surface area contributed by atoms with Crippen LogP contribution in [0.15, 0.2) is 0 Å². The second kappa shape index (κ2) is 21.7. The summed E-state index contributed by atoms with van der Waals surface area (Å²) in [5.74, 6) is 0.177. The molecule has 0 saturated heterocycles. The quantitative estimate of drug-likeness (QED) is 0.544. The van der Waals surface area contributed by atoms with Gasteiger partial charge in [-0.25, -0.2) is 0 Å². The van der Waals surface area contributed by atoms with Gasteiger partial charge in [-0.1, -0.05) is 73.1 Å². The van der Waals surface area contributed by atoms with E-state index in [1.165, 1.54) is 38.5 Å². The van der Waals surface area contributed by atoms with Crippen LogP contribution in [0.5, 0.6) is 0 Å². The Morgan fingerprint density at radius 2 is 1.22 bits per heavy atom. The molecule has 0 N–H and O–H groups in total. The number of nitrogens with zero attached hydrogens (tertiary/aromatic N) is 1. The van der Waals surface area contributed by atoms with Crippen LogP contribution in [-0.2, 0) is 4.79 Å². The van der Waals surface area contributed by atoms with Gasteiger partial charge in [0.1, 0.15) is 0 Å². The van der Waals surface area contributed by atoms with E-state index in [1.807, 2.05) is 34.7 Å². The minimum Gasteiger partial charge on any atom is -0.346 e. The first-order chi connectivity index (χ1) is 8.68. The van der Waals surface area contributed by atoms with Crippen LogP contribution >= 0.6 is 0 Å². The molecule has 0 unspecified atom stereocenters. The summed E-state index contributed by atoms with van der Waals surface area (Å²) in [7, 11) is 1.87. The monoisotopic (exact) mass is 259 g/mol. The van der Waals surface area contributed by atoms with Crippen LogP contribution in [-0.4, -0.2) is 24.4 Å². The average Bonchev–Trinajstić information content (AvgIpc) is 2.42. The van der Waals surface area contributed by atoms with Gasteiger partial charge in [-0.3, -0.25) is 4.79 Å². The van der Waals surface area contributed by atoms with Crippen LogP contribution in [0.3, 0.4) is 0 Å². The smallest absolute Gasteiger partial charge is 0.219 e. The third-order valence-corrected chi connectivity index (χ3v) is 2.63. The topological polar surface area (TPSA) is 20.3 Å². The summed E-state index contributed by atoms with van der Waals surface area (Å²) in [5.41, 5.74) is 0. The van der Waals surface area contributed by atoms with E-state index in [0.29, 0.717) is 0 Å². The van der Waals surface area contributed by atoms with Gasteiger partial charge in [-0.15, -0.1) is 0 Å². The van der Waals surface area contributed by atoms with Gasteiger partial charge in [-0.2, -0.15) is 0 Å². The van der Waals surface area contributed by atoms with Crippen molar-refractivity contribution in [3.8, 4) is 0 Å². The van der Waals surface area contributed by atoms with E-state index in [4.69, 9.17) is 0 Å². The molecule has 18 heavy (non-hydrogen) atoms. The number of hydrogen-bond acceptors (Lipinski definition) is 1. The Balaban J connectivity index is -0.000000506. The second-order valence-electron chi connectivity index (χ2n) is 4.06. The maximum atomic E-state index is 10.9. The molecule has 0 aromatic rings. The maximum absolute atomic E-state index is 10.9. The molecule has 0 spiro atoms. The average molecular weight is 259 g/mol. The van der Waals surface area contributed by atoms with Gasteiger partial charge in [0.05, 0.1) is 0 Å². The van der Waals surface area contributed by atoms with Crippen LogP contribution in [0.25, 0.3) is 0 Å². The Bertz CT molecular complexity index is 146. The Morgan fingerprint density at radius 3 is 1.61 bits per heavy atom. The summed E-state index contributed by atoms with van der Waals surface area (Å²) < 4.78 is 0. The number of carbonyl (C=O) groups is 1. The lowest BCUT2D eigenvalue weighted by molar-refractivity contribution is -0.127. The molecule has 0 aliphatic heterocycles. The van der Waals surface area contributed by atoms with E-state index in [-0.39, 0.29) is 5.91 Å². The molecular weight excluding hydrogens is 222 g/mol. The van der Waals surface area contributed by atoms with Crippen molar-refractivity contribution in [3.63, 3.8) is 0 Å². The highest BCUT2D eigenvalue weighted by molar-refractivity contribution is 5.72. The molecule has 112 valence electrons. The van der Waals surface area contributed by atoms with Crippen molar-refractivity contribution in [1.82, 2.24) is 4.90 Å². The standard InChI is InChI=1S/C12H25NO.2C2H6/c1-4-5-6-7-8-9-10-11-13(3)12(2)14;2*1-2/h4-11H2,1-3H3;2*1-2H3. The Morgan fingerprint density at radius 1 is 0.833 bits per heavy atom. The molecule has 0 fully saturated rings. The van der Waals surface area contributed by atoms with E-state index in [1.54, 1.807) is 11.8 Å². The van der Waals surface area contributed by atoms with Crippen molar-refractivity contribution in [1.29, 1.82) is 0 Å². The Labute approximate surface area is 116 Å². The Hall–Kier alpha value is -0.530. The fourth-order valence-corrected chi connectivity index (χ4v) is 1.46. The first-order valence-electron chi connectivity index (χ1n) is 7.90. The van der Waals surface area contributed by atoms with Crippen LogP contribution in [0.1, 0.15) is 86.5 Å². The lowest BCUT2D eigenvalue weighted by Gasteiger charge is -2.13. The molecule has 2 heteroatoms. The van der Waals surface area contributed by atoms with Crippen molar-refractivity contribution in [2.75, 3.05) is 13.6 Å². The third-order valence-electron chi connectivity index (χ3n) is 2.63. The highest BCUT2D eigenvalue weighted by Crippen LogP contribution is 2.07. The number of hydrogen-bond donors (Lipinski definition) is 0. The van der Waals surface area contributed by atoms with Crippen molar-refractivity contribution in [3.05, 3.63) is 0 Å². The summed E-state index contributed by atoms with van der Waals surface area (Å²) in [6, 6.07) is 0. The fourth-order valence-electron chi connectivity index (χ4n) is 1.46. The molecule has 0 aliphatic rings. The van der Waals surface area contributed by atoms with E-state index in [9.17, 15) is 4.79 Å². The van der Waals surface area contributed by atoms with Gasteiger partial charge in [0.25, 0.3) is 0 Å². The van der Waals surface area contributed by atoms with E-state index in [2.05, 4.69) is 6.92 Å². The molecule has 0 aliphatic carbocycles. The van der Waals surface area contributed by atoms with Gasteiger partial charge >= 0.3 is 0 Å². The predicted molar refractivity (Wildman–Crippen MR) is 84.0 cm³/mol. The molecule has 1 amide bonds. The highest BCUT2D eigenvalue weighted by Gasteiger charge is 2.00. The summed E-state index contributed by atoms with van der Waals surface area (Å²) in [4.78, 5) is 12.7. The van der Waals surface area contributed by atoms with Crippen molar-refractivity contribution >= 4 is 5.91 Å². The minimum absolute atomic E-state index is 0.177. The van der Waals surface area contributed by atoms with Crippen molar-refractivity contribution in [2.24, 2.45) is 0 Å². The molecule has 0 heterocycles. The maximum Gasteiger partial charge on any atom is 0.219 e. The normalized spacial score (nSPS) is 8.61. The molecule has 0 aromatic carbocycles. The summed E-state index contributed by atoms with van der Waals surface area (Å²) >= 11 is 0. The van der Waals surface area contributed by atoms with Crippen molar-refractivity contribution in [2.45, 2.75) is 86.5 Å². The molecule has 0 rings (SSSR count). The van der Waals surface area contributed by atoms with Gasteiger partial charge in [0.2, 0.25) is 5.91 Å². The Kier molecular flexibility index (Phi) is 27.3. The molecular formula is C16H37NO. The van der Waals surface area contributed by atoms with Gasteiger partial charge < -0.3 is 4.90 Å². The van der Waals surface area contributed by atoms with E-state index >= 15 is 0 Å². The highest BCUT2D eigenvalue weighted by atomic mass is 16.2. The molecule has 0 bridgehead atoms. The lowest BCUT2D eigenvalue weighted by Crippen LogP contribution is -2.24. The van der Waals surface area contributed by atoms with Gasteiger partial charge in [-0.05, 0) is 6.42 Å². The summed E-state index contributed by atoms with van der Waals surface area (Å²) in [6.07, 6.45) is 9.16. The number of carbonyl (C=O) groups excluding carboxylic acids is 1. The largest absolute Gasteiger partial charge is 0.346 e. The SMILES string of the molecule is CC.CC.CCCCCCCCCN(C)C(C)=O. The zero-order valence-corrected chi connectivity index (χ0v) is 14.0. The zero-order valence-electron chi connectivity index (χ0n) is 14.0. The number of amides is 1. The van der Waals surface area contributed by atoms with Crippen LogP contribution in [0, 0.1) is 0 Å². The van der Waals surface area contributed by atoms with E-state index < -0.39 is 0 Å². The van der Waals surface area contributed by atoms with Crippen LogP contribution < -0.4 is 0 Å². The van der Waals surface area contributed by atoms with Gasteiger partial charge in [0, 0.05) is 20.5 Å². The zero-order chi connectivity index (χ0) is 14.8. The van der Waals surface area contributed by atoms with Crippen molar-refractivity contribution < 1.29 is 4.79 Å². The summed E-state index contributed by atoms with van der Waals surface area (Å²) in [5, 5.41) is 0. The first kappa shape index (κ1) is 22.6. The van der Waals surface area contributed by atoms with Crippen LogP contribution in [0.4, 0.5) is 0 Å². The minimum atomic E-state index is 0.177. The molecule has 0 aromatic heterocycles. The lowest BCUT2D eigenvalue weighted by atomic mass is 10.1. The van der Waals surface area contributed by atoms with E-state index in [0.717, 1.165) is 13.0 Å². The molecule has 0 radical (unpaired) electrons. The third kappa shape index (κ3) is 20.8. The van der Waals surface area contributed by atoms with Crippen LogP contribution in [0.2, 0.25) is 0 Å². The molecule has 0 saturated carbocycles. The number of rotatable bonds is 8. The predicted octanol–water partition coefficient (Wildman–Crippen LogP) is 5.27. The number of unbranched alkanes of at least 4 members (excludes halogenated alkanes) is 6. The second-order valence-corrected chi connectivity index (χ2v) is 4.06.